The van der Waals surface area contributed by atoms with Gasteiger partial charge in [-0.25, -0.2) is 0 Å². The summed E-state index contributed by atoms with van der Waals surface area (Å²) in [4.78, 5) is 2.97. The summed E-state index contributed by atoms with van der Waals surface area (Å²) in [7, 11) is 0. The molecule has 1 heterocycles. The van der Waals surface area contributed by atoms with E-state index >= 15 is 0 Å². The molecule has 0 atom stereocenters. The summed E-state index contributed by atoms with van der Waals surface area (Å²) in [6, 6.07) is 11.7. The Bertz CT molecular complexity index is 488. The normalized spacial score (nSPS) is 10.0. The second kappa shape index (κ2) is 3.64. The molecule has 0 amide bonds. The lowest BCUT2D eigenvalue weighted by Crippen LogP contribution is -1.91. The molecule has 2 aromatic rings. The van der Waals surface area contributed by atoms with Crippen molar-refractivity contribution in [3.8, 4) is 11.1 Å². The minimum Gasteiger partial charge on any atom is -0.398 e. The first-order valence-corrected chi connectivity index (χ1v) is 4.72. The monoisotopic (exact) mass is 202 g/mol. The highest BCUT2D eigenvalue weighted by Crippen LogP contribution is 2.25. The molecule has 1 aromatic heterocycles. The van der Waals surface area contributed by atoms with Gasteiger partial charge in [0.05, 0.1) is 0 Å². The fourth-order valence-electron chi connectivity index (χ4n) is 1.40. The molecule has 0 unspecified atom stereocenters. The van der Waals surface area contributed by atoms with Crippen LogP contribution in [0.2, 0.25) is 0 Å². The maximum atomic E-state index is 5.87. The van der Waals surface area contributed by atoms with Crippen molar-refractivity contribution in [2.75, 3.05) is 5.73 Å². The Balaban J connectivity index is 2.69. The molecule has 0 radical (unpaired) electrons. The lowest BCUT2D eigenvalue weighted by Gasteiger charge is -2.04. The Morgan fingerprint density at radius 3 is 2.43 bits per heavy atom. The van der Waals surface area contributed by atoms with Crippen molar-refractivity contribution >= 4 is 17.9 Å². The maximum absolute atomic E-state index is 5.87. The Morgan fingerprint density at radius 2 is 1.79 bits per heavy atom. The lowest BCUT2D eigenvalue weighted by atomic mass is 10.1. The number of aromatic amines is 1. The number of benzene rings is 1. The largest absolute Gasteiger partial charge is 0.398 e. The van der Waals surface area contributed by atoms with Gasteiger partial charge in [-0.15, -0.1) is 0 Å². The van der Waals surface area contributed by atoms with Crippen molar-refractivity contribution in [1.82, 2.24) is 4.98 Å². The SMILES string of the molecule is Nc1cc[nH]c(=S)c1-c1ccccc1. The van der Waals surface area contributed by atoms with E-state index in [1.54, 1.807) is 6.20 Å². The number of nitrogen functional groups attached to an aromatic ring is 1. The van der Waals surface area contributed by atoms with Gasteiger partial charge in [0.2, 0.25) is 0 Å². The van der Waals surface area contributed by atoms with E-state index in [0.717, 1.165) is 11.1 Å². The molecule has 0 fully saturated rings. The Labute approximate surface area is 87.4 Å². The second-order valence-corrected chi connectivity index (χ2v) is 3.41. The van der Waals surface area contributed by atoms with E-state index in [1.807, 2.05) is 36.4 Å². The summed E-state index contributed by atoms with van der Waals surface area (Å²) in [6.07, 6.45) is 1.75. The number of nitrogens with two attached hydrogens (primary N) is 1. The molecule has 0 aliphatic rings. The number of pyridine rings is 1. The highest BCUT2D eigenvalue weighted by Gasteiger charge is 2.02. The van der Waals surface area contributed by atoms with Gasteiger partial charge in [0, 0.05) is 17.4 Å². The van der Waals surface area contributed by atoms with Gasteiger partial charge in [-0.2, -0.15) is 0 Å². The third-order valence-corrected chi connectivity index (χ3v) is 2.38. The lowest BCUT2D eigenvalue weighted by molar-refractivity contribution is 1.30. The predicted octanol–water partition coefficient (Wildman–Crippen LogP) is 2.99. The van der Waals surface area contributed by atoms with Crippen LogP contribution in [0.1, 0.15) is 0 Å². The van der Waals surface area contributed by atoms with Gasteiger partial charge in [0.25, 0.3) is 0 Å². The summed E-state index contributed by atoms with van der Waals surface area (Å²) in [5.74, 6) is 0. The molecule has 3 heteroatoms. The van der Waals surface area contributed by atoms with Crippen LogP contribution >= 0.6 is 12.2 Å². The number of hydrogen-bond acceptors (Lipinski definition) is 2. The standard InChI is InChI=1S/C11H10N2S/c12-9-6-7-13-11(14)10(9)8-4-2-1-3-5-8/h1-7H,(H3,12,13,14). The number of nitrogens with one attached hydrogen (secondary N) is 1. The van der Waals surface area contributed by atoms with Crippen molar-refractivity contribution in [2.45, 2.75) is 0 Å². The van der Waals surface area contributed by atoms with Gasteiger partial charge in [-0.3, -0.25) is 0 Å². The summed E-state index contributed by atoms with van der Waals surface area (Å²) in [5.41, 5.74) is 8.53. The first kappa shape index (κ1) is 8.97. The van der Waals surface area contributed by atoms with Crippen LogP contribution in [0, 0.1) is 4.64 Å². The average molecular weight is 202 g/mol. The third-order valence-electron chi connectivity index (χ3n) is 2.06. The van der Waals surface area contributed by atoms with E-state index in [-0.39, 0.29) is 0 Å². The van der Waals surface area contributed by atoms with Crippen LogP contribution in [0.4, 0.5) is 5.69 Å². The Morgan fingerprint density at radius 1 is 1.07 bits per heavy atom. The van der Waals surface area contributed by atoms with Crippen molar-refractivity contribution in [1.29, 1.82) is 0 Å². The number of anilines is 1. The molecular formula is C11H10N2S. The van der Waals surface area contributed by atoms with E-state index in [2.05, 4.69) is 4.98 Å². The quantitative estimate of drug-likeness (QED) is 0.698. The molecule has 0 aliphatic heterocycles. The zero-order valence-electron chi connectivity index (χ0n) is 7.53. The molecule has 2 rings (SSSR count). The third kappa shape index (κ3) is 1.54. The fraction of sp³-hybridized carbons (Fsp3) is 0. The number of hydrogen-bond donors (Lipinski definition) is 2. The topological polar surface area (TPSA) is 41.8 Å². The van der Waals surface area contributed by atoms with Crippen LogP contribution in [0.15, 0.2) is 42.6 Å². The van der Waals surface area contributed by atoms with E-state index in [0.29, 0.717) is 10.3 Å². The van der Waals surface area contributed by atoms with Gasteiger partial charge in [0.15, 0.2) is 0 Å². The molecule has 1 aromatic carbocycles. The fourth-order valence-corrected chi connectivity index (χ4v) is 1.70. The molecule has 0 spiro atoms. The van der Waals surface area contributed by atoms with Gasteiger partial charge >= 0.3 is 0 Å². The first-order valence-electron chi connectivity index (χ1n) is 4.31. The first-order chi connectivity index (χ1) is 6.79. The Kier molecular flexibility index (Phi) is 2.33. The van der Waals surface area contributed by atoms with Crippen LogP contribution in [0.3, 0.4) is 0 Å². The molecule has 0 saturated heterocycles. The average Bonchev–Trinajstić information content (AvgIpc) is 2.19. The van der Waals surface area contributed by atoms with Crippen LogP contribution in [0.25, 0.3) is 11.1 Å². The molecule has 3 N–H and O–H groups in total. The smallest absolute Gasteiger partial charge is 0.113 e. The van der Waals surface area contributed by atoms with Crippen LogP contribution in [-0.2, 0) is 0 Å². The van der Waals surface area contributed by atoms with Gasteiger partial charge in [0.1, 0.15) is 4.64 Å². The zero-order valence-corrected chi connectivity index (χ0v) is 8.34. The van der Waals surface area contributed by atoms with Gasteiger partial charge < -0.3 is 10.7 Å². The van der Waals surface area contributed by atoms with E-state index in [9.17, 15) is 0 Å². The predicted molar refractivity (Wildman–Crippen MR) is 61.5 cm³/mol. The van der Waals surface area contributed by atoms with Crippen LogP contribution in [0.5, 0.6) is 0 Å². The van der Waals surface area contributed by atoms with Gasteiger partial charge in [-0.1, -0.05) is 42.5 Å². The molecule has 0 aliphatic carbocycles. The number of rotatable bonds is 1. The van der Waals surface area contributed by atoms with Crippen LogP contribution < -0.4 is 5.73 Å². The number of H-pyrrole nitrogens is 1. The van der Waals surface area contributed by atoms with E-state index in [4.69, 9.17) is 18.0 Å². The van der Waals surface area contributed by atoms with Gasteiger partial charge in [-0.05, 0) is 11.6 Å². The van der Waals surface area contributed by atoms with Crippen molar-refractivity contribution in [3.63, 3.8) is 0 Å². The van der Waals surface area contributed by atoms with Crippen LogP contribution in [-0.4, -0.2) is 4.98 Å². The molecule has 0 saturated carbocycles. The molecule has 2 nitrogen and oxygen atoms in total. The van der Waals surface area contributed by atoms with Crippen molar-refractivity contribution < 1.29 is 0 Å². The van der Waals surface area contributed by atoms with E-state index < -0.39 is 0 Å². The highest BCUT2D eigenvalue weighted by molar-refractivity contribution is 7.71. The minimum atomic E-state index is 0.677. The number of aromatic nitrogens is 1. The Hall–Kier alpha value is -1.61. The zero-order chi connectivity index (χ0) is 9.97. The van der Waals surface area contributed by atoms with Crippen molar-refractivity contribution in [2.24, 2.45) is 0 Å². The highest BCUT2D eigenvalue weighted by atomic mass is 32.1. The summed E-state index contributed by atoms with van der Waals surface area (Å²) >= 11 is 5.19. The summed E-state index contributed by atoms with van der Waals surface area (Å²) in [6.45, 7) is 0. The molecule has 14 heavy (non-hydrogen) atoms. The minimum absolute atomic E-state index is 0.677. The maximum Gasteiger partial charge on any atom is 0.113 e. The molecular weight excluding hydrogens is 192 g/mol. The van der Waals surface area contributed by atoms with Crippen molar-refractivity contribution in [3.05, 3.63) is 47.2 Å². The second-order valence-electron chi connectivity index (χ2n) is 3.00. The summed E-state index contributed by atoms with van der Waals surface area (Å²) in [5, 5.41) is 0. The summed E-state index contributed by atoms with van der Waals surface area (Å²) < 4.78 is 0.677. The molecule has 0 bridgehead atoms. The molecule has 70 valence electrons. The van der Waals surface area contributed by atoms with E-state index in [1.165, 1.54) is 0 Å².